The lowest BCUT2D eigenvalue weighted by atomic mass is 9.76. The van der Waals surface area contributed by atoms with E-state index in [0.717, 1.165) is 0 Å². The van der Waals surface area contributed by atoms with Crippen LogP contribution in [0.2, 0.25) is 0 Å². The highest BCUT2D eigenvalue weighted by molar-refractivity contribution is 5.71. The van der Waals surface area contributed by atoms with Gasteiger partial charge in [-0.3, -0.25) is 0 Å². The number of benzene rings is 2. The standard InChI is InChI=1S/C17H16F3N/c1-17(2)9-21-8-11-10(6-7-14(20)16(11)17)15-12(18)4-3-5-13(15)19/h3-7,21H,8-9H2,1-2H3. The molecule has 3 rings (SSSR count). The highest BCUT2D eigenvalue weighted by atomic mass is 19.1. The molecule has 0 atom stereocenters. The molecule has 2 aromatic carbocycles. The zero-order chi connectivity index (χ0) is 15.2. The average molecular weight is 291 g/mol. The number of halogens is 3. The minimum absolute atomic E-state index is 0.0896. The van der Waals surface area contributed by atoms with Crippen LogP contribution >= 0.6 is 0 Å². The molecule has 1 heterocycles. The SMILES string of the molecule is CC1(C)CNCc2c(-c3c(F)cccc3F)ccc(F)c21. The zero-order valence-electron chi connectivity index (χ0n) is 11.9. The normalized spacial score (nSPS) is 16.6. The summed E-state index contributed by atoms with van der Waals surface area (Å²) in [7, 11) is 0. The highest BCUT2D eigenvalue weighted by Crippen LogP contribution is 2.38. The Kier molecular flexibility index (Phi) is 3.29. The van der Waals surface area contributed by atoms with Crippen molar-refractivity contribution in [3.05, 3.63) is 58.9 Å². The molecule has 21 heavy (non-hydrogen) atoms. The summed E-state index contributed by atoms with van der Waals surface area (Å²) in [5.41, 5.74) is 1.09. The summed E-state index contributed by atoms with van der Waals surface area (Å²) in [5.74, 6) is -1.59. The van der Waals surface area contributed by atoms with Crippen molar-refractivity contribution in [1.29, 1.82) is 0 Å². The molecule has 0 spiro atoms. The van der Waals surface area contributed by atoms with Gasteiger partial charge >= 0.3 is 0 Å². The molecular formula is C17H16F3N. The minimum Gasteiger partial charge on any atom is -0.312 e. The molecule has 1 N–H and O–H groups in total. The van der Waals surface area contributed by atoms with Crippen molar-refractivity contribution in [3.8, 4) is 11.1 Å². The molecule has 2 aromatic rings. The van der Waals surface area contributed by atoms with Gasteiger partial charge in [0.15, 0.2) is 0 Å². The van der Waals surface area contributed by atoms with Crippen LogP contribution in [0.5, 0.6) is 0 Å². The number of hydrogen-bond acceptors (Lipinski definition) is 1. The second kappa shape index (κ2) is 4.88. The molecule has 0 saturated heterocycles. The third kappa shape index (κ3) is 2.23. The predicted molar refractivity (Wildman–Crippen MR) is 76.5 cm³/mol. The molecule has 1 nitrogen and oxygen atoms in total. The van der Waals surface area contributed by atoms with Gasteiger partial charge in [-0.15, -0.1) is 0 Å². The largest absolute Gasteiger partial charge is 0.312 e. The van der Waals surface area contributed by atoms with Gasteiger partial charge in [-0.1, -0.05) is 26.0 Å². The van der Waals surface area contributed by atoms with E-state index in [4.69, 9.17) is 0 Å². The van der Waals surface area contributed by atoms with E-state index in [2.05, 4.69) is 5.32 Å². The smallest absolute Gasteiger partial charge is 0.133 e. The third-order valence-electron chi connectivity index (χ3n) is 4.04. The Morgan fingerprint density at radius 2 is 1.62 bits per heavy atom. The second-order valence-electron chi connectivity index (χ2n) is 6.03. The lowest BCUT2D eigenvalue weighted by Crippen LogP contribution is -2.40. The molecule has 0 aliphatic carbocycles. The summed E-state index contributed by atoms with van der Waals surface area (Å²) in [5, 5.41) is 3.20. The number of fused-ring (bicyclic) bond motifs is 1. The van der Waals surface area contributed by atoms with Gasteiger partial charge in [-0.25, -0.2) is 13.2 Å². The van der Waals surface area contributed by atoms with Crippen molar-refractivity contribution in [3.63, 3.8) is 0 Å². The van der Waals surface area contributed by atoms with Gasteiger partial charge in [0.05, 0.1) is 5.56 Å². The Morgan fingerprint density at radius 1 is 0.952 bits per heavy atom. The van der Waals surface area contributed by atoms with Crippen molar-refractivity contribution in [2.75, 3.05) is 6.54 Å². The first-order valence-corrected chi connectivity index (χ1v) is 6.89. The van der Waals surface area contributed by atoms with E-state index in [1.807, 2.05) is 13.8 Å². The van der Waals surface area contributed by atoms with E-state index in [-0.39, 0.29) is 11.4 Å². The van der Waals surface area contributed by atoms with E-state index < -0.39 is 17.0 Å². The first-order valence-electron chi connectivity index (χ1n) is 6.89. The lowest BCUT2D eigenvalue weighted by Gasteiger charge is -2.34. The fourth-order valence-corrected chi connectivity index (χ4v) is 3.11. The molecule has 0 bridgehead atoms. The van der Waals surface area contributed by atoms with Crippen molar-refractivity contribution in [2.24, 2.45) is 0 Å². The van der Waals surface area contributed by atoms with Crippen LogP contribution in [0.4, 0.5) is 13.2 Å². The van der Waals surface area contributed by atoms with Gasteiger partial charge in [-0.05, 0) is 34.9 Å². The van der Waals surface area contributed by atoms with Gasteiger partial charge in [-0.2, -0.15) is 0 Å². The zero-order valence-corrected chi connectivity index (χ0v) is 11.9. The van der Waals surface area contributed by atoms with Crippen LogP contribution in [0.25, 0.3) is 11.1 Å². The topological polar surface area (TPSA) is 12.0 Å². The lowest BCUT2D eigenvalue weighted by molar-refractivity contribution is 0.411. The first-order chi connectivity index (χ1) is 9.92. The molecule has 0 radical (unpaired) electrons. The van der Waals surface area contributed by atoms with Crippen LogP contribution in [-0.2, 0) is 12.0 Å². The number of rotatable bonds is 1. The highest BCUT2D eigenvalue weighted by Gasteiger charge is 2.32. The summed E-state index contributed by atoms with van der Waals surface area (Å²) in [4.78, 5) is 0. The van der Waals surface area contributed by atoms with Gasteiger partial charge < -0.3 is 5.32 Å². The van der Waals surface area contributed by atoms with Crippen LogP contribution < -0.4 is 5.32 Å². The quantitative estimate of drug-likeness (QED) is 0.832. The second-order valence-corrected chi connectivity index (χ2v) is 6.03. The number of hydrogen-bond donors (Lipinski definition) is 1. The third-order valence-corrected chi connectivity index (χ3v) is 4.04. The van der Waals surface area contributed by atoms with E-state index in [1.165, 1.54) is 30.3 Å². The van der Waals surface area contributed by atoms with Crippen LogP contribution in [0.15, 0.2) is 30.3 Å². The Labute approximate surface area is 121 Å². The van der Waals surface area contributed by atoms with E-state index in [1.54, 1.807) is 0 Å². The maximum Gasteiger partial charge on any atom is 0.133 e. The van der Waals surface area contributed by atoms with Crippen molar-refractivity contribution < 1.29 is 13.2 Å². The Morgan fingerprint density at radius 3 is 2.29 bits per heavy atom. The predicted octanol–water partition coefficient (Wildman–Crippen LogP) is 4.15. The summed E-state index contributed by atoms with van der Waals surface area (Å²) in [6.07, 6.45) is 0. The molecule has 1 aliphatic heterocycles. The van der Waals surface area contributed by atoms with Crippen LogP contribution in [0.1, 0.15) is 25.0 Å². The van der Waals surface area contributed by atoms with E-state index in [0.29, 0.717) is 29.8 Å². The Balaban J connectivity index is 2.32. The Bertz CT molecular complexity index is 687. The summed E-state index contributed by atoms with van der Waals surface area (Å²) >= 11 is 0. The van der Waals surface area contributed by atoms with E-state index in [9.17, 15) is 13.2 Å². The fourth-order valence-electron chi connectivity index (χ4n) is 3.11. The molecule has 1 aliphatic rings. The Hall–Kier alpha value is -1.81. The fraction of sp³-hybridized carbons (Fsp3) is 0.294. The van der Waals surface area contributed by atoms with Gasteiger partial charge in [0.25, 0.3) is 0 Å². The molecule has 0 fully saturated rings. The summed E-state index contributed by atoms with van der Waals surface area (Å²) < 4.78 is 42.3. The van der Waals surface area contributed by atoms with Crippen molar-refractivity contribution >= 4 is 0 Å². The molecule has 0 saturated carbocycles. The van der Waals surface area contributed by atoms with Crippen molar-refractivity contribution in [2.45, 2.75) is 25.8 Å². The van der Waals surface area contributed by atoms with Crippen LogP contribution in [0, 0.1) is 17.5 Å². The minimum atomic E-state index is -0.632. The molecule has 0 amide bonds. The maximum atomic E-state index is 14.2. The molecule has 0 unspecified atom stereocenters. The summed E-state index contributed by atoms with van der Waals surface area (Å²) in [6.45, 7) is 4.87. The molecular weight excluding hydrogens is 275 g/mol. The van der Waals surface area contributed by atoms with Gasteiger partial charge in [0.2, 0.25) is 0 Å². The van der Waals surface area contributed by atoms with Crippen LogP contribution in [0.3, 0.4) is 0 Å². The summed E-state index contributed by atoms with van der Waals surface area (Å²) in [6, 6.07) is 6.52. The van der Waals surface area contributed by atoms with Crippen molar-refractivity contribution in [1.82, 2.24) is 5.32 Å². The molecule has 110 valence electrons. The number of nitrogens with one attached hydrogen (secondary N) is 1. The van der Waals surface area contributed by atoms with Gasteiger partial charge in [0, 0.05) is 18.5 Å². The molecule has 4 heteroatoms. The monoisotopic (exact) mass is 291 g/mol. The van der Waals surface area contributed by atoms with Crippen LogP contribution in [-0.4, -0.2) is 6.54 Å². The maximum absolute atomic E-state index is 14.2. The van der Waals surface area contributed by atoms with E-state index >= 15 is 0 Å². The average Bonchev–Trinajstić information content (AvgIpc) is 2.40. The first kappa shape index (κ1) is 14.1. The van der Waals surface area contributed by atoms with Gasteiger partial charge in [0.1, 0.15) is 17.5 Å². The molecule has 0 aromatic heterocycles.